The highest BCUT2D eigenvalue weighted by Gasteiger charge is 2.20. The molecule has 1 aromatic rings. The number of hydrogen-bond acceptors (Lipinski definition) is 1. The molecule has 0 N–H and O–H groups in total. The Balaban J connectivity index is 2.02. The van der Waals surface area contributed by atoms with Gasteiger partial charge in [0.25, 0.3) is 0 Å². The molecule has 0 aliphatic heterocycles. The van der Waals surface area contributed by atoms with Gasteiger partial charge in [-0.25, -0.2) is 4.39 Å². The van der Waals surface area contributed by atoms with Crippen molar-refractivity contribution in [3.8, 4) is 5.75 Å². The Labute approximate surface area is 144 Å². The van der Waals surface area contributed by atoms with E-state index in [1.807, 2.05) is 13.0 Å². The molecule has 24 heavy (non-hydrogen) atoms. The van der Waals surface area contributed by atoms with Gasteiger partial charge in [-0.05, 0) is 56.2 Å². The largest absolute Gasteiger partial charge is 0.490 e. The van der Waals surface area contributed by atoms with Crippen LogP contribution in [0.3, 0.4) is 0 Å². The van der Waals surface area contributed by atoms with Crippen LogP contribution in [0.5, 0.6) is 5.75 Å². The third-order valence-electron chi connectivity index (χ3n) is 4.56. The first kappa shape index (κ1) is 18.7. The summed E-state index contributed by atoms with van der Waals surface area (Å²) in [4.78, 5) is 0. The monoisotopic (exact) mass is 334 g/mol. The highest BCUT2D eigenvalue weighted by Crippen LogP contribution is 2.34. The van der Waals surface area contributed by atoms with Crippen LogP contribution in [0.2, 0.25) is 0 Å². The Morgan fingerprint density at radius 2 is 2.00 bits per heavy atom. The first-order valence-electron chi connectivity index (χ1n) is 9.10. The molecule has 2 rings (SSSR count). The molecule has 0 amide bonds. The minimum atomic E-state index is -0.862. The van der Waals surface area contributed by atoms with Gasteiger partial charge in [-0.1, -0.05) is 44.4 Å². The van der Waals surface area contributed by atoms with E-state index in [0.29, 0.717) is 18.1 Å². The zero-order valence-electron chi connectivity index (χ0n) is 14.8. The lowest BCUT2D eigenvalue weighted by Gasteiger charge is -2.20. The summed E-state index contributed by atoms with van der Waals surface area (Å²) in [5.74, 6) is -1.11. The first-order valence-corrected chi connectivity index (χ1v) is 9.10. The molecule has 0 spiro atoms. The molecule has 132 valence electrons. The maximum atomic E-state index is 14.4. The number of hydrogen-bond donors (Lipinski definition) is 0. The number of halogens is 2. The van der Waals surface area contributed by atoms with Gasteiger partial charge >= 0.3 is 0 Å². The number of allylic oxidation sites excluding steroid dienone is 4. The predicted octanol–water partition coefficient (Wildman–Crippen LogP) is 6.68. The lowest BCUT2D eigenvalue weighted by atomic mass is 9.86. The molecule has 3 heteroatoms. The average Bonchev–Trinajstić information content (AvgIpc) is 2.60. The van der Waals surface area contributed by atoms with E-state index in [-0.39, 0.29) is 5.75 Å². The Morgan fingerprint density at radius 1 is 1.17 bits per heavy atom. The van der Waals surface area contributed by atoms with E-state index in [0.717, 1.165) is 50.5 Å². The molecule has 0 fully saturated rings. The molecule has 1 unspecified atom stereocenters. The molecule has 0 bridgehead atoms. The van der Waals surface area contributed by atoms with Crippen LogP contribution in [-0.2, 0) is 0 Å². The minimum absolute atomic E-state index is 0.0240. The summed E-state index contributed by atoms with van der Waals surface area (Å²) in [7, 11) is 0. The maximum absolute atomic E-state index is 14.4. The maximum Gasteiger partial charge on any atom is 0.201 e. The van der Waals surface area contributed by atoms with Crippen molar-refractivity contribution in [1.29, 1.82) is 0 Å². The third kappa shape index (κ3) is 4.93. The standard InChI is InChI=1S/C21H28F2O/c1-3-5-6-7-15-24-19-14-13-18(20(22)21(19)23)17-11-9-16(8-4-2)10-12-17/h4,8,11,13-14,16H,3,5-7,9-10,12,15H2,1-2H3. The van der Waals surface area contributed by atoms with Gasteiger partial charge in [0.1, 0.15) is 0 Å². The van der Waals surface area contributed by atoms with Crippen molar-refractivity contribution in [2.24, 2.45) is 5.92 Å². The van der Waals surface area contributed by atoms with E-state index >= 15 is 0 Å². The van der Waals surface area contributed by atoms with Crippen molar-refractivity contribution >= 4 is 5.57 Å². The van der Waals surface area contributed by atoms with E-state index in [2.05, 4.69) is 19.1 Å². The lowest BCUT2D eigenvalue weighted by Crippen LogP contribution is -2.06. The first-order chi connectivity index (χ1) is 11.7. The smallest absolute Gasteiger partial charge is 0.201 e. The van der Waals surface area contributed by atoms with Crippen LogP contribution in [0.1, 0.15) is 64.4 Å². The second-order valence-electron chi connectivity index (χ2n) is 6.44. The van der Waals surface area contributed by atoms with Gasteiger partial charge in [0, 0.05) is 5.56 Å². The fourth-order valence-corrected chi connectivity index (χ4v) is 3.15. The summed E-state index contributed by atoms with van der Waals surface area (Å²) in [6.07, 6.45) is 13.1. The Hall–Kier alpha value is -1.64. The van der Waals surface area contributed by atoms with Crippen molar-refractivity contribution in [3.05, 3.63) is 47.6 Å². The molecule has 0 radical (unpaired) electrons. The summed E-state index contributed by atoms with van der Waals surface area (Å²) in [5.41, 5.74) is 1.28. The fraction of sp³-hybridized carbons (Fsp3) is 0.524. The van der Waals surface area contributed by atoms with Crippen LogP contribution in [0.25, 0.3) is 5.57 Å². The molecule has 0 saturated carbocycles. The van der Waals surface area contributed by atoms with Crippen LogP contribution in [0, 0.1) is 17.6 Å². The Kier molecular flexibility index (Phi) is 7.48. The van der Waals surface area contributed by atoms with Gasteiger partial charge in [-0.3, -0.25) is 0 Å². The second-order valence-corrected chi connectivity index (χ2v) is 6.44. The highest BCUT2D eigenvalue weighted by molar-refractivity contribution is 5.67. The quantitative estimate of drug-likeness (QED) is 0.380. The van der Waals surface area contributed by atoms with E-state index in [4.69, 9.17) is 4.74 Å². The molecule has 1 atom stereocenters. The van der Waals surface area contributed by atoms with Gasteiger partial charge in [0.15, 0.2) is 11.6 Å². The van der Waals surface area contributed by atoms with E-state index in [9.17, 15) is 8.78 Å². The van der Waals surface area contributed by atoms with Gasteiger partial charge in [0.05, 0.1) is 6.61 Å². The van der Waals surface area contributed by atoms with Crippen molar-refractivity contribution in [2.75, 3.05) is 6.61 Å². The number of rotatable bonds is 8. The van der Waals surface area contributed by atoms with Crippen molar-refractivity contribution < 1.29 is 13.5 Å². The molecule has 0 aromatic heterocycles. The number of unbranched alkanes of at least 4 members (excludes halogenated alkanes) is 3. The Bertz CT molecular complexity index is 590. The van der Waals surface area contributed by atoms with Crippen molar-refractivity contribution in [2.45, 2.75) is 58.8 Å². The minimum Gasteiger partial charge on any atom is -0.490 e. The summed E-state index contributed by atoms with van der Waals surface area (Å²) >= 11 is 0. The van der Waals surface area contributed by atoms with Crippen LogP contribution >= 0.6 is 0 Å². The Morgan fingerprint density at radius 3 is 2.67 bits per heavy atom. The molecule has 1 aromatic carbocycles. The van der Waals surface area contributed by atoms with Gasteiger partial charge in [0.2, 0.25) is 5.82 Å². The van der Waals surface area contributed by atoms with Crippen LogP contribution in [0.4, 0.5) is 8.78 Å². The second kappa shape index (κ2) is 9.61. The lowest BCUT2D eigenvalue weighted by molar-refractivity contribution is 0.285. The topological polar surface area (TPSA) is 9.23 Å². The molecule has 0 saturated heterocycles. The summed E-state index contributed by atoms with van der Waals surface area (Å²) in [6.45, 7) is 4.58. The van der Waals surface area contributed by atoms with E-state index in [1.165, 1.54) is 0 Å². The average molecular weight is 334 g/mol. The van der Waals surface area contributed by atoms with Crippen LogP contribution < -0.4 is 4.74 Å². The highest BCUT2D eigenvalue weighted by atomic mass is 19.2. The third-order valence-corrected chi connectivity index (χ3v) is 4.56. The summed E-state index contributed by atoms with van der Waals surface area (Å²) in [5, 5.41) is 0. The van der Waals surface area contributed by atoms with Crippen LogP contribution in [-0.4, -0.2) is 6.61 Å². The molecule has 1 aliphatic carbocycles. The zero-order valence-corrected chi connectivity index (χ0v) is 14.8. The molecule has 1 aliphatic rings. The number of ether oxygens (including phenoxy) is 1. The molecule has 1 nitrogen and oxygen atoms in total. The van der Waals surface area contributed by atoms with Crippen molar-refractivity contribution in [3.63, 3.8) is 0 Å². The SMILES string of the molecule is CC=CC1CC=C(c2ccc(OCCCCCC)c(F)c2F)CC1. The summed E-state index contributed by atoms with van der Waals surface area (Å²) in [6, 6.07) is 3.22. The van der Waals surface area contributed by atoms with Gasteiger partial charge in [-0.15, -0.1) is 0 Å². The number of benzene rings is 1. The van der Waals surface area contributed by atoms with Gasteiger partial charge in [-0.2, -0.15) is 4.39 Å². The van der Waals surface area contributed by atoms with Crippen LogP contribution in [0.15, 0.2) is 30.4 Å². The van der Waals surface area contributed by atoms with Gasteiger partial charge < -0.3 is 4.74 Å². The fourth-order valence-electron chi connectivity index (χ4n) is 3.15. The summed E-state index contributed by atoms with van der Waals surface area (Å²) < 4.78 is 34.1. The predicted molar refractivity (Wildman–Crippen MR) is 96.1 cm³/mol. The zero-order chi connectivity index (χ0) is 17.4. The van der Waals surface area contributed by atoms with E-state index < -0.39 is 11.6 Å². The molecular weight excluding hydrogens is 306 g/mol. The van der Waals surface area contributed by atoms with Crippen molar-refractivity contribution in [1.82, 2.24) is 0 Å². The molecule has 0 heterocycles. The van der Waals surface area contributed by atoms with E-state index in [1.54, 1.807) is 12.1 Å². The normalized spacial score (nSPS) is 18.0. The molecular formula is C21H28F2O.